The Labute approximate surface area is 104 Å². The van der Waals surface area contributed by atoms with Gasteiger partial charge in [-0.2, -0.15) is 5.26 Å². The lowest BCUT2D eigenvalue weighted by Gasteiger charge is -2.39. The molecule has 0 bridgehead atoms. The minimum atomic E-state index is -0.0508. The summed E-state index contributed by atoms with van der Waals surface area (Å²) in [6.07, 6.45) is 3.38. The summed E-state index contributed by atoms with van der Waals surface area (Å²) in [6.45, 7) is 5.07. The third kappa shape index (κ3) is 2.87. The van der Waals surface area contributed by atoms with Crippen molar-refractivity contribution < 1.29 is 0 Å². The molecule has 1 fully saturated rings. The zero-order valence-electron chi connectivity index (χ0n) is 10.5. The first-order chi connectivity index (χ1) is 8.28. The summed E-state index contributed by atoms with van der Waals surface area (Å²) in [7, 11) is 0. The van der Waals surface area contributed by atoms with E-state index in [0.717, 1.165) is 32.5 Å². The molecule has 1 aliphatic rings. The average Bonchev–Trinajstić information content (AvgIpc) is 2.33. The fourth-order valence-electron chi connectivity index (χ4n) is 2.46. The molecule has 2 nitrogen and oxygen atoms in total. The van der Waals surface area contributed by atoms with E-state index in [1.54, 1.807) is 0 Å². The highest BCUT2D eigenvalue weighted by Crippen LogP contribution is 2.40. The molecule has 0 radical (unpaired) electrons. The quantitative estimate of drug-likeness (QED) is 0.773. The summed E-state index contributed by atoms with van der Waals surface area (Å²) >= 11 is 0. The van der Waals surface area contributed by atoms with Crippen LogP contribution in [0.15, 0.2) is 30.3 Å². The van der Waals surface area contributed by atoms with Crippen LogP contribution < -0.4 is 0 Å². The van der Waals surface area contributed by atoms with E-state index in [-0.39, 0.29) is 5.41 Å². The molecule has 90 valence electrons. The Hall–Kier alpha value is -1.33. The molecule has 0 heterocycles. The smallest absolute Gasteiger partial charge is 0.0703 e. The normalized spacial score (nSPS) is 17.5. The second kappa shape index (κ2) is 5.33. The van der Waals surface area contributed by atoms with Gasteiger partial charge < -0.3 is 0 Å². The topological polar surface area (TPSA) is 27.0 Å². The first-order valence-electron chi connectivity index (χ1n) is 6.45. The molecule has 1 saturated carbocycles. The van der Waals surface area contributed by atoms with E-state index in [9.17, 15) is 5.26 Å². The van der Waals surface area contributed by atoms with Crippen molar-refractivity contribution in [1.82, 2.24) is 4.90 Å². The number of hydrogen-bond acceptors (Lipinski definition) is 2. The maximum Gasteiger partial charge on any atom is 0.0703 e. The molecule has 0 aromatic heterocycles. The zero-order valence-corrected chi connectivity index (χ0v) is 10.5. The molecule has 0 atom stereocenters. The van der Waals surface area contributed by atoms with E-state index < -0.39 is 0 Å². The number of nitriles is 1. The van der Waals surface area contributed by atoms with Gasteiger partial charge in [-0.1, -0.05) is 43.7 Å². The van der Waals surface area contributed by atoms with Crippen molar-refractivity contribution in [3.8, 4) is 6.07 Å². The van der Waals surface area contributed by atoms with Gasteiger partial charge in [0.25, 0.3) is 0 Å². The van der Waals surface area contributed by atoms with Crippen molar-refractivity contribution in [2.24, 2.45) is 5.41 Å². The second-order valence-corrected chi connectivity index (χ2v) is 5.03. The molecule has 0 amide bonds. The van der Waals surface area contributed by atoms with E-state index >= 15 is 0 Å². The Morgan fingerprint density at radius 2 is 2.00 bits per heavy atom. The molecule has 0 N–H and O–H groups in total. The van der Waals surface area contributed by atoms with E-state index in [1.807, 2.05) is 6.07 Å². The SMILES string of the molecule is CCN(Cc1ccccc1)CC1(C#N)CCC1. The van der Waals surface area contributed by atoms with Crippen LogP contribution in [0.5, 0.6) is 0 Å². The van der Waals surface area contributed by atoms with Gasteiger partial charge in [0.05, 0.1) is 11.5 Å². The zero-order chi connectivity index (χ0) is 12.1. The van der Waals surface area contributed by atoms with Crippen LogP contribution in [-0.4, -0.2) is 18.0 Å². The van der Waals surface area contributed by atoms with Crippen LogP contribution in [0.1, 0.15) is 31.7 Å². The highest BCUT2D eigenvalue weighted by molar-refractivity contribution is 5.15. The lowest BCUT2D eigenvalue weighted by atomic mass is 9.69. The number of hydrogen-bond donors (Lipinski definition) is 0. The van der Waals surface area contributed by atoms with Crippen LogP contribution >= 0.6 is 0 Å². The number of nitrogens with zero attached hydrogens (tertiary/aromatic N) is 2. The highest BCUT2D eigenvalue weighted by Gasteiger charge is 2.38. The van der Waals surface area contributed by atoms with Gasteiger partial charge in [0.1, 0.15) is 0 Å². The van der Waals surface area contributed by atoms with Crippen LogP contribution in [0.2, 0.25) is 0 Å². The largest absolute Gasteiger partial charge is 0.298 e. The molecular weight excluding hydrogens is 208 g/mol. The van der Waals surface area contributed by atoms with Gasteiger partial charge in [0.2, 0.25) is 0 Å². The summed E-state index contributed by atoms with van der Waals surface area (Å²) in [4.78, 5) is 2.39. The van der Waals surface area contributed by atoms with Crippen LogP contribution in [0.25, 0.3) is 0 Å². The van der Waals surface area contributed by atoms with Gasteiger partial charge in [0, 0.05) is 13.1 Å². The van der Waals surface area contributed by atoms with Gasteiger partial charge >= 0.3 is 0 Å². The fourth-order valence-corrected chi connectivity index (χ4v) is 2.46. The van der Waals surface area contributed by atoms with Crippen molar-refractivity contribution in [1.29, 1.82) is 5.26 Å². The third-order valence-corrected chi connectivity index (χ3v) is 3.77. The Balaban J connectivity index is 1.96. The first kappa shape index (κ1) is 12.1. The summed E-state index contributed by atoms with van der Waals surface area (Å²) < 4.78 is 0. The monoisotopic (exact) mass is 228 g/mol. The molecule has 2 heteroatoms. The molecule has 2 rings (SSSR count). The molecule has 0 spiro atoms. The number of rotatable bonds is 5. The van der Waals surface area contributed by atoms with Crippen LogP contribution in [0.4, 0.5) is 0 Å². The summed E-state index contributed by atoms with van der Waals surface area (Å²) in [5.74, 6) is 0. The lowest BCUT2D eigenvalue weighted by molar-refractivity contribution is 0.119. The Morgan fingerprint density at radius 1 is 1.29 bits per heavy atom. The first-order valence-corrected chi connectivity index (χ1v) is 6.45. The Kier molecular flexibility index (Phi) is 3.81. The van der Waals surface area contributed by atoms with Gasteiger partial charge in [-0.25, -0.2) is 0 Å². The van der Waals surface area contributed by atoms with Crippen molar-refractivity contribution in [3.05, 3.63) is 35.9 Å². The highest BCUT2D eigenvalue weighted by atomic mass is 15.1. The molecule has 1 aromatic rings. The van der Waals surface area contributed by atoms with E-state index in [2.05, 4.69) is 42.2 Å². The molecule has 0 aliphatic heterocycles. The summed E-state index contributed by atoms with van der Waals surface area (Å²) in [5, 5.41) is 9.27. The van der Waals surface area contributed by atoms with E-state index in [1.165, 1.54) is 12.0 Å². The maximum absolute atomic E-state index is 9.27. The maximum atomic E-state index is 9.27. The fraction of sp³-hybridized carbons (Fsp3) is 0.533. The van der Waals surface area contributed by atoms with Crippen molar-refractivity contribution in [2.75, 3.05) is 13.1 Å². The molecule has 1 aliphatic carbocycles. The average molecular weight is 228 g/mol. The van der Waals surface area contributed by atoms with Crippen molar-refractivity contribution in [3.63, 3.8) is 0 Å². The second-order valence-electron chi connectivity index (χ2n) is 5.03. The van der Waals surface area contributed by atoms with E-state index in [0.29, 0.717) is 0 Å². The van der Waals surface area contributed by atoms with E-state index in [4.69, 9.17) is 0 Å². The molecule has 1 aromatic carbocycles. The van der Waals surface area contributed by atoms with Crippen LogP contribution in [0, 0.1) is 16.7 Å². The number of benzene rings is 1. The lowest BCUT2D eigenvalue weighted by Crippen LogP contribution is -2.41. The molecule has 0 unspecified atom stereocenters. The summed E-state index contributed by atoms with van der Waals surface area (Å²) in [6, 6.07) is 13.0. The molecule has 17 heavy (non-hydrogen) atoms. The van der Waals surface area contributed by atoms with Crippen LogP contribution in [-0.2, 0) is 6.54 Å². The predicted octanol–water partition coefficient (Wildman–Crippen LogP) is 3.20. The van der Waals surface area contributed by atoms with Gasteiger partial charge in [-0.3, -0.25) is 4.90 Å². The standard InChI is InChI=1S/C15H20N2/c1-2-17(11-14-7-4-3-5-8-14)13-15(12-16)9-6-10-15/h3-5,7-8H,2,6,9-11,13H2,1H3. The van der Waals surface area contributed by atoms with Crippen molar-refractivity contribution in [2.45, 2.75) is 32.7 Å². The Bertz CT molecular complexity index is 387. The minimum absolute atomic E-state index is 0.0508. The minimum Gasteiger partial charge on any atom is -0.298 e. The van der Waals surface area contributed by atoms with Crippen molar-refractivity contribution >= 4 is 0 Å². The predicted molar refractivity (Wildman–Crippen MR) is 69.3 cm³/mol. The van der Waals surface area contributed by atoms with Gasteiger partial charge in [0.15, 0.2) is 0 Å². The molecular formula is C15H20N2. The van der Waals surface area contributed by atoms with Crippen LogP contribution in [0.3, 0.4) is 0 Å². The summed E-state index contributed by atoms with van der Waals surface area (Å²) in [5.41, 5.74) is 1.28. The van der Waals surface area contributed by atoms with Gasteiger partial charge in [-0.15, -0.1) is 0 Å². The third-order valence-electron chi connectivity index (χ3n) is 3.77. The Morgan fingerprint density at radius 3 is 2.47 bits per heavy atom. The molecule has 0 saturated heterocycles. The van der Waals surface area contributed by atoms with Gasteiger partial charge in [-0.05, 0) is 24.9 Å².